The summed E-state index contributed by atoms with van der Waals surface area (Å²) in [5.74, 6) is 1.95. The molecule has 0 N–H and O–H groups in total. The second kappa shape index (κ2) is 7.90. The Labute approximate surface area is 177 Å². The van der Waals surface area contributed by atoms with Crippen molar-refractivity contribution in [3.05, 3.63) is 45.9 Å². The van der Waals surface area contributed by atoms with Crippen LogP contribution in [0.2, 0.25) is 0 Å². The van der Waals surface area contributed by atoms with Crippen molar-refractivity contribution in [1.29, 1.82) is 0 Å². The minimum Gasteiger partial charge on any atom is -0.378 e. The standard InChI is InChI=1S/C22H32N6O2/c1-15(2)28-14-23-24-21(28)11-25(3)9-17-4-5-20-18-6-16(8-27(20)22(17)29)7-26(10-18)19-12-30-13-19/h4-5,14-16,18-19H,6-13H2,1-3H3/t16-,18+/m0/s1. The van der Waals surface area contributed by atoms with Gasteiger partial charge in [-0.15, -0.1) is 10.2 Å². The molecule has 3 aliphatic rings. The summed E-state index contributed by atoms with van der Waals surface area (Å²) in [7, 11) is 2.04. The highest BCUT2D eigenvalue weighted by Crippen LogP contribution is 2.36. The molecular weight excluding hydrogens is 380 g/mol. The van der Waals surface area contributed by atoms with E-state index < -0.39 is 0 Å². The zero-order valence-corrected chi connectivity index (χ0v) is 18.2. The number of piperidine rings is 1. The van der Waals surface area contributed by atoms with Crippen molar-refractivity contribution >= 4 is 0 Å². The van der Waals surface area contributed by atoms with Crippen LogP contribution in [0.15, 0.2) is 23.3 Å². The molecular formula is C22H32N6O2. The van der Waals surface area contributed by atoms with Crippen molar-refractivity contribution in [1.82, 2.24) is 29.1 Å². The monoisotopic (exact) mass is 412 g/mol. The van der Waals surface area contributed by atoms with E-state index in [0.717, 1.165) is 44.2 Å². The first kappa shape index (κ1) is 19.9. The Bertz CT molecular complexity index is 963. The number of fused-ring (bicyclic) bond motifs is 4. The summed E-state index contributed by atoms with van der Waals surface area (Å²) in [5, 5.41) is 8.31. The maximum absolute atomic E-state index is 13.3. The van der Waals surface area contributed by atoms with Gasteiger partial charge in [0.15, 0.2) is 0 Å². The number of ether oxygens (including phenoxy) is 1. The number of hydrogen-bond donors (Lipinski definition) is 0. The summed E-state index contributed by atoms with van der Waals surface area (Å²) in [6.45, 7) is 10.2. The molecule has 30 heavy (non-hydrogen) atoms. The predicted molar refractivity (Wildman–Crippen MR) is 113 cm³/mol. The molecule has 3 aliphatic heterocycles. The first-order valence-corrected chi connectivity index (χ1v) is 11.1. The maximum atomic E-state index is 13.3. The number of aromatic nitrogens is 4. The highest BCUT2D eigenvalue weighted by atomic mass is 16.5. The van der Waals surface area contributed by atoms with E-state index in [0.29, 0.717) is 37.0 Å². The molecule has 5 rings (SSSR count). The first-order valence-electron chi connectivity index (χ1n) is 11.1. The molecule has 0 spiro atoms. The van der Waals surface area contributed by atoms with Crippen molar-refractivity contribution in [2.45, 2.75) is 57.9 Å². The SMILES string of the molecule is CC(C)n1cnnc1CN(C)Cc1ccc2n(c1=O)C[C@H]1C[C@@H]2CN(C2COC2)C1. The number of pyridine rings is 1. The van der Waals surface area contributed by atoms with E-state index in [9.17, 15) is 4.79 Å². The van der Waals surface area contributed by atoms with Gasteiger partial charge in [-0.2, -0.15) is 0 Å². The summed E-state index contributed by atoms with van der Waals surface area (Å²) in [6.07, 6.45) is 2.98. The van der Waals surface area contributed by atoms with Crippen molar-refractivity contribution in [2.24, 2.45) is 5.92 Å². The van der Waals surface area contributed by atoms with Crippen molar-refractivity contribution < 1.29 is 4.74 Å². The molecule has 8 nitrogen and oxygen atoms in total. The summed E-state index contributed by atoms with van der Waals surface area (Å²) >= 11 is 0. The lowest BCUT2D eigenvalue weighted by molar-refractivity contribution is -0.0827. The maximum Gasteiger partial charge on any atom is 0.255 e. The second-order valence-corrected chi connectivity index (χ2v) is 9.56. The topological polar surface area (TPSA) is 68.4 Å². The average molecular weight is 413 g/mol. The van der Waals surface area contributed by atoms with Crippen LogP contribution in [0.5, 0.6) is 0 Å². The van der Waals surface area contributed by atoms with Gasteiger partial charge in [0.25, 0.3) is 5.56 Å². The zero-order chi connectivity index (χ0) is 20.8. The smallest absolute Gasteiger partial charge is 0.255 e. The van der Waals surface area contributed by atoms with Crippen LogP contribution in [0.3, 0.4) is 0 Å². The van der Waals surface area contributed by atoms with Gasteiger partial charge in [0.2, 0.25) is 0 Å². The molecule has 0 radical (unpaired) electrons. The van der Waals surface area contributed by atoms with E-state index in [-0.39, 0.29) is 5.56 Å². The quantitative estimate of drug-likeness (QED) is 0.716. The molecule has 2 aromatic rings. The lowest BCUT2D eigenvalue weighted by Crippen LogP contribution is -2.56. The molecule has 0 amide bonds. The third-order valence-electron chi connectivity index (χ3n) is 6.90. The van der Waals surface area contributed by atoms with Gasteiger partial charge in [0.1, 0.15) is 12.2 Å². The molecule has 0 saturated carbocycles. The molecule has 2 bridgehead atoms. The summed E-state index contributed by atoms with van der Waals surface area (Å²) in [4.78, 5) is 18.0. The molecule has 2 fully saturated rings. The lowest BCUT2D eigenvalue weighted by Gasteiger charge is -2.47. The van der Waals surface area contributed by atoms with Crippen LogP contribution < -0.4 is 5.56 Å². The number of likely N-dealkylation sites (tertiary alicyclic amines) is 1. The summed E-state index contributed by atoms with van der Waals surface area (Å²) < 4.78 is 9.54. The Morgan fingerprint density at radius 3 is 2.77 bits per heavy atom. The summed E-state index contributed by atoms with van der Waals surface area (Å²) in [5.41, 5.74) is 2.26. The van der Waals surface area contributed by atoms with Gasteiger partial charge in [-0.05, 0) is 39.3 Å². The van der Waals surface area contributed by atoms with E-state index >= 15 is 0 Å². The van der Waals surface area contributed by atoms with Crippen LogP contribution in [-0.4, -0.2) is 68.5 Å². The van der Waals surface area contributed by atoms with Gasteiger partial charge in [0.05, 0.1) is 25.8 Å². The van der Waals surface area contributed by atoms with Gasteiger partial charge in [-0.1, -0.05) is 6.07 Å². The largest absolute Gasteiger partial charge is 0.378 e. The Morgan fingerprint density at radius 1 is 1.20 bits per heavy atom. The molecule has 0 unspecified atom stereocenters. The van der Waals surface area contributed by atoms with Crippen LogP contribution in [-0.2, 0) is 24.4 Å². The lowest BCUT2D eigenvalue weighted by atomic mass is 9.82. The molecule has 5 heterocycles. The molecule has 8 heteroatoms. The molecule has 0 aromatic carbocycles. The zero-order valence-electron chi connectivity index (χ0n) is 18.2. The Morgan fingerprint density at radius 2 is 2.03 bits per heavy atom. The van der Waals surface area contributed by atoms with Gasteiger partial charge in [-0.3, -0.25) is 14.6 Å². The Kier molecular flexibility index (Phi) is 5.24. The highest BCUT2D eigenvalue weighted by molar-refractivity contribution is 5.22. The minimum atomic E-state index is 0.180. The van der Waals surface area contributed by atoms with Gasteiger partial charge in [-0.25, -0.2) is 0 Å². The molecule has 0 aliphatic carbocycles. The van der Waals surface area contributed by atoms with Gasteiger partial charge in [0, 0.05) is 49.4 Å². The minimum absolute atomic E-state index is 0.180. The highest BCUT2D eigenvalue weighted by Gasteiger charge is 2.39. The van der Waals surface area contributed by atoms with Crippen molar-refractivity contribution in [3.63, 3.8) is 0 Å². The third kappa shape index (κ3) is 3.61. The van der Waals surface area contributed by atoms with E-state index in [4.69, 9.17) is 4.74 Å². The molecule has 2 atom stereocenters. The van der Waals surface area contributed by atoms with Crippen LogP contribution >= 0.6 is 0 Å². The Hall–Kier alpha value is -2.03. The Balaban J connectivity index is 1.32. The predicted octanol–water partition coefficient (Wildman–Crippen LogP) is 1.47. The fourth-order valence-electron chi connectivity index (χ4n) is 5.28. The van der Waals surface area contributed by atoms with Crippen LogP contribution in [0.25, 0.3) is 0 Å². The normalized spacial score (nSPS) is 24.3. The van der Waals surface area contributed by atoms with E-state index in [2.05, 4.69) is 49.0 Å². The second-order valence-electron chi connectivity index (χ2n) is 9.56. The number of hydrogen-bond acceptors (Lipinski definition) is 6. The van der Waals surface area contributed by atoms with Crippen LogP contribution in [0, 0.1) is 5.92 Å². The number of rotatable bonds is 6. The van der Waals surface area contributed by atoms with Crippen LogP contribution in [0.4, 0.5) is 0 Å². The van der Waals surface area contributed by atoms with Gasteiger partial charge >= 0.3 is 0 Å². The molecule has 2 saturated heterocycles. The van der Waals surface area contributed by atoms with Crippen LogP contribution in [0.1, 0.15) is 49.3 Å². The number of nitrogens with zero attached hydrogens (tertiary/aromatic N) is 6. The average Bonchev–Trinajstić information content (AvgIpc) is 3.11. The van der Waals surface area contributed by atoms with E-state index in [1.807, 2.05) is 13.1 Å². The van der Waals surface area contributed by atoms with Crippen molar-refractivity contribution in [3.8, 4) is 0 Å². The fraction of sp³-hybridized carbons (Fsp3) is 0.682. The van der Waals surface area contributed by atoms with Crippen molar-refractivity contribution in [2.75, 3.05) is 33.4 Å². The molecule has 2 aromatic heterocycles. The first-order chi connectivity index (χ1) is 14.5. The summed E-state index contributed by atoms with van der Waals surface area (Å²) in [6, 6.07) is 5.14. The molecule has 162 valence electrons. The van der Waals surface area contributed by atoms with E-state index in [1.54, 1.807) is 6.33 Å². The van der Waals surface area contributed by atoms with E-state index in [1.165, 1.54) is 12.1 Å². The fourth-order valence-corrected chi connectivity index (χ4v) is 5.28. The van der Waals surface area contributed by atoms with Gasteiger partial charge < -0.3 is 13.9 Å². The third-order valence-corrected chi connectivity index (χ3v) is 6.90.